The number of carbonyl (C=O) groups excluding carboxylic acids is 1. The normalized spacial score (nSPS) is 15.5. The van der Waals surface area contributed by atoms with E-state index in [2.05, 4.69) is 17.2 Å². The van der Waals surface area contributed by atoms with Crippen LogP contribution in [0.15, 0.2) is 28.0 Å². The van der Waals surface area contributed by atoms with E-state index < -0.39 is 0 Å². The average Bonchev–Trinajstić information content (AvgIpc) is 3.01. The molecule has 3 heterocycles. The Labute approximate surface area is 198 Å². The molecule has 1 N–H and O–H groups in total. The zero-order valence-electron chi connectivity index (χ0n) is 19.0. The first-order valence-electron chi connectivity index (χ1n) is 11.0. The van der Waals surface area contributed by atoms with Crippen molar-refractivity contribution in [2.45, 2.75) is 53.1 Å². The van der Waals surface area contributed by atoms with Crippen LogP contribution in [0.5, 0.6) is 0 Å². The van der Waals surface area contributed by atoms with Crippen LogP contribution in [0.25, 0.3) is 11.7 Å². The van der Waals surface area contributed by atoms with Crippen LogP contribution in [0, 0.1) is 6.92 Å². The van der Waals surface area contributed by atoms with Crippen molar-refractivity contribution in [1.82, 2.24) is 14.3 Å². The van der Waals surface area contributed by atoms with Crippen molar-refractivity contribution in [2.24, 2.45) is 0 Å². The van der Waals surface area contributed by atoms with Crippen LogP contribution in [0.2, 0.25) is 0 Å². The van der Waals surface area contributed by atoms with Crippen molar-refractivity contribution in [1.29, 1.82) is 0 Å². The summed E-state index contributed by atoms with van der Waals surface area (Å²) in [5.41, 5.74) is 1.63. The van der Waals surface area contributed by atoms with Crippen molar-refractivity contribution in [3.05, 3.63) is 44.7 Å². The second kappa shape index (κ2) is 11.1. The number of aromatic nitrogens is 2. The number of pyridine rings is 1. The number of hydrogen-bond donors (Lipinski definition) is 1. The Hall–Kier alpha value is -2.23. The molecule has 0 aromatic carbocycles. The van der Waals surface area contributed by atoms with E-state index in [1.54, 1.807) is 17.2 Å². The van der Waals surface area contributed by atoms with E-state index in [0.29, 0.717) is 46.0 Å². The number of nitrogens with one attached hydrogen (secondary N) is 1. The molecule has 2 aromatic heterocycles. The average molecular weight is 475 g/mol. The molecule has 1 aliphatic heterocycles. The molecule has 1 aliphatic rings. The first-order chi connectivity index (χ1) is 15.3. The number of aryl methyl sites for hydroxylation is 1. The second-order valence-electron chi connectivity index (χ2n) is 8.00. The third-order valence-corrected chi connectivity index (χ3v) is 6.33. The Bertz CT molecular complexity index is 1090. The number of unbranched alkanes of at least 4 members (excludes halogenated alkanes) is 1. The fourth-order valence-electron chi connectivity index (χ4n) is 3.26. The molecule has 0 spiro atoms. The van der Waals surface area contributed by atoms with Gasteiger partial charge in [0.05, 0.1) is 16.6 Å². The van der Waals surface area contributed by atoms with E-state index in [4.69, 9.17) is 17.0 Å². The molecular weight excluding hydrogens is 444 g/mol. The quantitative estimate of drug-likeness (QED) is 0.314. The van der Waals surface area contributed by atoms with E-state index in [0.717, 1.165) is 24.8 Å². The van der Waals surface area contributed by atoms with Gasteiger partial charge in [0.25, 0.3) is 11.5 Å². The number of ether oxygens (including phenoxy) is 1. The van der Waals surface area contributed by atoms with Gasteiger partial charge in [0.15, 0.2) is 0 Å². The van der Waals surface area contributed by atoms with Crippen molar-refractivity contribution in [3.63, 3.8) is 0 Å². The number of nitrogens with zero attached hydrogens (tertiary/aromatic N) is 3. The molecule has 0 unspecified atom stereocenters. The minimum absolute atomic E-state index is 0.154. The van der Waals surface area contributed by atoms with Crippen LogP contribution in [0.3, 0.4) is 0 Å². The van der Waals surface area contributed by atoms with E-state index >= 15 is 0 Å². The van der Waals surface area contributed by atoms with Crippen LogP contribution in [-0.4, -0.2) is 50.3 Å². The van der Waals surface area contributed by atoms with Gasteiger partial charge in [-0.3, -0.25) is 18.9 Å². The van der Waals surface area contributed by atoms with Crippen LogP contribution in [-0.2, 0) is 9.53 Å². The highest BCUT2D eigenvalue weighted by molar-refractivity contribution is 8.26. The second-order valence-corrected chi connectivity index (χ2v) is 9.68. The summed E-state index contributed by atoms with van der Waals surface area (Å²) in [5, 5.41) is 3.26. The highest BCUT2D eigenvalue weighted by Gasteiger charge is 2.32. The van der Waals surface area contributed by atoms with Gasteiger partial charge in [-0.05, 0) is 51.3 Å². The largest absolute Gasteiger partial charge is 0.379 e. The highest BCUT2D eigenvalue weighted by atomic mass is 32.2. The van der Waals surface area contributed by atoms with E-state index in [1.807, 2.05) is 32.9 Å². The number of hydrogen-bond acceptors (Lipinski definition) is 7. The molecule has 0 atom stereocenters. The standard InChI is InChI=1S/C23H30N4O3S2/c1-5-6-11-26-22(29)18(32-23(26)31)13-17-20(24-10-7-12-30-15(2)3)25-19-9-8-16(4)14-27(19)21(17)28/h8-9,13-15,24H,5-7,10-12H2,1-4H3/b18-13-. The van der Waals surface area contributed by atoms with E-state index in [1.165, 1.54) is 16.2 Å². The predicted octanol–water partition coefficient (Wildman–Crippen LogP) is 4.23. The molecular formula is C23H30N4O3S2. The lowest BCUT2D eigenvalue weighted by atomic mass is 10.2. The molecule has 1 saturated heterocycles. The van der Waals surface area contributed by atoms with Crippen LogP contribution >= 0.6 is 24.0 Å². The number of fused-ring (bicyclic) bond motifs is 1. The number of thioether (sulfide) groups is 1. The highest BCUT2D eigenvalue weighted by Crippen LogP contribution is 2.33. The minimum atomic E-state index is -0.224. The summed E-state index contributed by atoms with van der Waals surface area (Å²) >= 11 is 6.64. The molecule has 0 radical (unpaired) electrons. The number of anilines is 1. The van der Waals surface area contributed by atoms with Crippen molar-refractivity contribution in [2.75, 3.05) is 25.0 Å². The summed E-state index contributed by atoms with van der Waals surface area (Å²) in [6, 6.07) is 3.73. The van der Waals surface area contributed by atoms with Crippen LogP contribution < -0.4 is 10.9 Å². The number of carbonyl (C=O) groups is 1. The van der Waals surface area contributed by atoms with Gasteiger partial charge in [0.2, 0.25) is 0 Å². The lowest BCUT2D eigenvalue weighted by Gasteiger charge is -2.13. The Morgan fingerprint density at radius 2 is 2.06 bits per heavy atom. The maximum Gasteiger partial charge on any atom is 0.267 e. The summed E-state index contributed by atoms with van der Waals surface area (Å²) in [6.07, 6.45) is 6.18. The van der Waals surface area contributed by atoms with Crippen LogP contribution in [0.1, 0.15) is 51.2 Å². The van der Waals surface area contributed by atoms with Gasteiger partial charge in [-0.1, -0.05) is 43.4 Å². The molecule has 2 aromatic rings. The third-order valence-electron chi connectivity index (χ3n) is 4.95. The number of thiocarbonyl (C=S) groups is 1. The lowest BCUT2D eigenvalue weighted by Crippen LogP contribution is -2.29. The Morgan fingerprint density at radius 3 is 2.78 bits per heavy atom. The molecule has 0 bridgehead atoms. The molecule has 172 valence electrons. The molecule has 9 heteroatoms. The topological polar surface area (TPSA) is 75.9 Å². The maximum absolute atomic E-state index is 13.4. The van der Waals surface area contributed by atoms with Crippen molar-refractivity contribution < 1.29 is 9.53 Å². The molecule has 7 nitrogen and oxygen atoms in total. The fraction of sp³-hybridized carbons (Fsp3) is 0.478. The molecule has 32 heavy (non-hydrogen) atoms. The maximum atomic E-state index is 13.4. The third kappa shape index (κ3) is 5.76. The lowest BCUT2D eigenvalue weighted by molar-refractivity contribution is -0.122. The van der Waals surface area contributed by atoms with Crippen LogP contribution in [0.4, 0.5) is 5.82 Å². The Balaban J connectivity index is 1.95. The van der Waals surface area contributed by atoms with Gasteiger partial charge >= 0.3 is 0 Å². The first-order valence-corrected chi connectivity index (χ1v) is 12.2. The van der Waals surface area contributed by atoms with Gasteiger partial charge < -0.3 is 10.1 Å². The minimum Gasteiger partial charge on any atom is -0.379 e. The SMILES string of the molecule is CCCCN1C(=O)/C(=C/c2c(NCCCOC(C)C)nc3ccc(C)cn3c2=O)SC1=S. The Morgan fingerprint density at radius 1 is 1.28 bits per heavy atom. The van der Waals surface area contributed by atoms with Crippen molar-refractivity contribution >= 4 is 51.7 Å². The molecule has 0 saturated carbocycles. The summed E-state index contributed by atoms with van der Waals surface area (Å²) in [6.45, 7) is 9.79. The van der Waals surface area contributed by atoms with Gasteiger partial charge in [-0.15, -0.1) is 0 Å². The zero-order chi connectivity index (χ0) is 23.3. The molecule has 1 amide bonds. The first kappa shape index (κ1) is 24.4. The fourth-order valence-corrected chi connectivity index (χ4v) is 4.55. The monoisotopic (exact) mass is 474 g/mol. The summed E-state index contributed by atoms with van der Waals surface area (Å²) < 4.78 is 7.64. The predicted molar refractivity (Wildman–Crippen MR) is 135 cm³/mol. The summed E-state index contributed by atoms with van der Waals surface area (Å²) in [7, 11) is 0. The van der Waals surface area contributed by atoms with Gasteiger partial charge in [-0.2, -0.15) is 0 Å². The van der Waals surface area contributed by atoms with Gasteiger partial charge in [0.1, 0.15) is 15.8 Å². The smallest absolute Gasteiger partial charge is 0.267 e. The molecule has 3 rings (SSSR count). The van der Waals surface area contributed by atoms with E-state index in [9.17, 15) is 9.59 Å². The van der Waals surface area contributed by atoms with Crippen molar-refractivity contribution in [3.8, 4) is 0 Å². The number of amides is 1. The van der Waals surface area contributed by atoms with Gasteiger partial charge in [0, 0.05) is 25.9 Å². The summed E-state index contributed by atoms with van der Waals surface area (Å²) in [4.78, 5) is 33.0. The van der Waals surface area contributed by atoms with E-state index in [-0.39, 0.29) is 17.6 Å². The summed E-state index contributed by atoms with van der Waals surface area (Å²) in [5.74, 6) is 0.306. The number of rotatable bonds is 10. The molecule has 1 fully saturated rings. The van der Waals surface area contributed by atoms with Gasteiger partial charge in [-0.25, -0.2) is 4.98 Å². The zero-order valence-corrected chi connectivity index (χ0v) is 20.6. The molecule has 0 aliphatic carbocycles. The Kier molecular flexibility index (Phi) is 8.44.